The first-order valence-corrected chi connectivity index (χ1v) is 10.8. The van der Waals surface area contributed by atoms with Gasteiger partial charge in [-0.05, 0) is 55.9 Å². The van der Waals surface area contributed by atoms with Gasteiger partial charge in [-0.15, -0.1) is 0 Å². The third-order valence-corrected chi connectivity index (χ3v) is 5.94. The number of rotatable bonds is 6. The Kier molecular flexibility index (Phi) is 6.21. The van der Waals surface area contributed by atoms with Crippen LogP contribution in [0.3, 0.4) is 0 Å². The van der Waals surface area contributed by atoms with E-state index in [4.69, 9.17) is 15.7 Å². The van der Waals surface area contributed by atoms with Crippen LogP contribution in [0.25, 0.3) is 10.9 Å². The molecule has 31 heavy (non-hydrogen) atoms. The second kappa shape index (κ2) is 9.20. The van der Waals surface area contributed by atoms with Crippen molar-refractivity contribution in [3.05, 3.63) is 54.1 Å². The van der Waals surface area contributed by atoms with Gasteiger partial charge in [0.25, 0.3) is 5.91 Å². The predicted octanol–water partition coefficient (Wildman–Crippen LogP) is 3.68. The molecule has 1 aliphatic rings. The van der Waals surface area contributed by atoms with Crippen LogP contribution in [0.4, 0.5) is 17.5 Å². The van der Waals surface area contributed by atoms with Crippen LogP contribution in [0.15, 0.2) is 48.5 Å². The van der Waals surface area contributed by atoms with E-state index in [9.17, 15) is 4.79 Å². The number of nitrogens with one attached hydrogen (secondary N) is 2. The van der Waals surface area contributed by atoms with E-state index in [0.29, 0.717) is 35.7 Å². The summed E-state index contributed by atoms with van der Waals surface area (Å²) in [4.78, 5) is 23.9. The van der Waals surface area contributed by atoms with Gasteiger partial charge in [-0.3, -0.25) is 4.79 Å². The van der Waals surface area contributed by atoms with E-state index in [-0.39, 0.29) is 5.91 Å². The van der Waals surface area contributed by atoms with Crippen LogP contribution in [0.5, 0.6) is 0 Å². The van der Waals surface area contributed by atoms with Crippen LogP contribution in [0.2, 0.25) is 0 Å². The normalized spacial score (nSPS) is 18.5. The van der Waals surface area contributed by atoms with Crippen LogP contribution in [0, 0.1) is 5.92 Å². The summed E-state index contributed by atoms with van der Waals surface area (Å²) in [7, 11) is 4.00. The first-order chi connectivity index (χ1) is 15.0. The van der Waals surface area contributed by atoms with Gasteiger partial charge >= 0.3 is 0 Å². The molecular formula is C24H30N6O. The maximum atomic E-state index is 12.4. The molecule has 1 saturated carbocycles. The summed E-state index contributed by atoms with van der Waals surface area (Å²) in [6.07, 6.45) is 4.16. The Morgan fingerprint density at radius 2 is 1.74 bits per heavy atom. The highest BCUT2D eigenvalue weighted by molar-refractivity contribution is 5.99. The molecule has 0 unspecified atom stereocenters. The summed E-state index contributed by atoms with van der Waals surface area (Å²) >= 11 is 0. The van der Waals surface area contributed by atoms with Crippen molar-refractivity contribution in [2.45, 2.75) is 31.7 Å². The number of carbonyl (C=O) groups excluding carboxylic acids is 1. The molecule has 4 rings (SSSR count). The number of anilines is 3. The zero-order valence-corrected chi connectivity index (χ0v) is 18.1. The number of nitrogens with two attached hydrogens (primary N) is 1. The van der Waals surface area contributed by atoms with Crippen LogP contribution in [0.1, 0.15) is 36.0 Å². The fraction of sp³-hybridized carbons (Fsp3) is 0.375. The molecular weight excluding hydrogens is 388 g/mol. The second-order valence-electron chi connectivity index (χ2n) is 8.44. The van der Waals surface area contributed by atoms with Gasteiger partial charge in [0, 0.05) is 37.8 Å². The van der Waals surface area contributed by atoms with Crippen LogP contribution < -0.4 is 21.3 Å². The molecule has 1 heterocycles. The van der Waals surface area contributed by atoms with E-state index in [1.807, 2.05) is 49.3 Å². The summed E-state index contributed by atoms with van der Waals surface area (Å²) in [5.74, 6) is 1.98. The molecule has 7 heteroatoms. The Morgan fingerprint density at radius 1 is 1.03 bits per heavy atom. The van der Waals surface area contributed by atoms with Gasteiger partial charge in [0.2, 0.25) is 5.95 Å². The standard InChI is InChI=1S/C24H30N6O/c1-30(2)22-19-8-4-6-10-21(19)28-24(29-22)27-17-13-11-16(12-14-17)15-26-23(31)18-7-3-5-9-20(18)25/h3-10,16-17H,11-15,25H2,1-2H3,(H,26,31)(H,27,28,29). The number of hydrogen-bond donors (Lipinski definition) is 3. The van der Waals surface area contributed by atoms with E-state index in [0.717, 1.165) is 42.4 Å². The van der Waals surface area contributed by atoms with Crippen molar-refractivity contribution in [2.24, 2.45) is 5.92 Å². The van der Waals surface area contributed by atoms with Crippen LogP contribution in [-0.2, 0) is 0 Å². The molecule has 0 atom stereocenters. The molecule has 1 amide bonds. The molecule has 0 radical (unpaired) electrons. The summed E-state index contributed by atoms with van der Waals surface area (Å²) in [6, 6.07) is 15.6. The van der Waals surface area contributed by atoms with Crippen molar-refractivity contribution in [1.82, 2.24) is 15.3 Å². The number of carbonyl (C=O) groups is 1. The number of aromatic nitrogens is 2. The predicted molar refractivity (Wildman–Crippen MR) is 126 cm³/mol. The minimum Gasteiger partial charge on any atom is -0.398 e. The first kappa shape index (κ1) is 20.9. The Balaban J connectivity index is 1.32. The number of amides is 1. The van der Waals surface area contributed by atoms with Gasteiger partial charge < -0.3 is 21.3 Å². The summed E-state index contributed by atoms with van der Waals surface area (Å²) in [5.41, 5.74) is 7.90. The van der Waals surface area contributed by atoms with Crippen molar-refractivity contribution in [3.8, 4) is 0 Å². The topological polar surface area (TPSA) is 96.2 Å². The highest BCUT2D eigenvalue weighted by Crippen LogP contribution is 2.28. The quantitative estimate of drug-likeness (QED) is 0.529. The molecule has 4 N–H and O–H groups in total. The SMILES string of the molecule is CN(C)c1nc(NC2CCC(CNC(=O)c3ccccc3N)CC2)nc2ccccc12. The lowest BCUT2D eigenvalue weighted by Gasteiger charge is -2.29. The number of nitrogens with zero attached hydrogens (tertiary/aromatic N) is 3. The van der Waals surface area contributed by atoms with Crippen LogP contribution >= 0.6 is 0 Å². The molecule has 0 bridgehead atoms. The van der Waals surface area contributed by atoms with Crippen molar-refractivity contribution in [2.75, 3.05) is 36.6 Å². The fourth-order valence-electron chi connectivity index (χ4n) is 4.19. The van der Waals surface area contributed by atoms with Crippen LogP contribution in [-0.4, -0.2) is 42.6 Å². The number of hydrogen-bond acceptors (Lipinski definition) is 6. The number of para-hydroxylation sites is 2. The Bertz CT molecular complexity index is 1060. The Hall–Kier alpha value is -3.35. The summed E-state index contributed by atoms with van der Waals surface area (Å²) < 4.78 is 0. The van der Waals surface area contributed by atoms with Gasteiger partial charge in [-0.2, -0.15) is 4.98 Å². The zero-order valence-electron chi connectivity index (χ0n) is 18.1. The summed E-state index contributed by atoms with van der Waals surface area (Å²) in [5, 5.41) is 7.63. The van der Waals surface area contributed by atoms with Crippen molar-refractivity contribution < 1.29 is 4.79 Å². The average molecular weight is 419 g/mol. The number of nitrogen functional groups attached to an aromatic ring is 1. The van der Waals surface area contributed by atoms with E-state index in [1.54, 1.807) is 12.1 Å². The van der Waals surface area contributed by atoms with Gasteiger partial charge in [-0.25, -0.2) is 4.98 Å². The maximum Gasteiger partial charge on any atom is 0.253 e. The van der Waals surface area contributed by atoms with Gasteiger partial charge in [-0.1, -0.05) is 24.3 Å². The highest BCUT2D eigenvalue weighted by atomic mass is 16.1. The van der Waals surface area contributed by atoms with E-state index in [1.165, 1.54) is 0 Å². The third kappa shape index (κ3) is 4.87. The van der Waals surface area contributed by atoms with Crippen molar-refractivity contribution >= 4 is 34.3 Å². The minimum absolute atomic E-state index is 0.0980. The minimum atomic E-state index is -0.0980. The second-order valence-corrected chi connectivity index (χ2v) is 8.44. The molecule has 1 aromatic heterocycles. The van der Waals surface area contributed by atoms with E-state index >= 15 is 0 Å². The average Bonchev–Trinajstić information content (AvgIpc) is 2.78. The molecule has 2 aromatic carbocycles. The Morgan fingerprint density at radius 3 is 2.48 bits per heavy atom. The molecule has 0 spiro atoms. The van der Waals surface area contributed by atoms with Crippen molar-refractivity contribution in [3.63, 3.8) is 0 Å². The molecule has 7 nitrogen and oxygen atoms in total. The monoisotopic (exact) mass is 418 g/mol. The van der Waals surface area contributed by atoms with Gasteiger partial charge in [0.05, 0.1) is 11.1 Å². The fourth-order valence-corrected chi connectivity index (χ4v) is 4.19. The number of benzene rings is 2. The molecule has 1 fully saturated rings. The number of fused-ring (bicyclic) bond motifs is 1. The largest absolute Gasteiger partial charge is 0.398 e. The van der Waals surface area contributed by atoms with Gasteiger partial charge in [0.1, 0.15) is 5.82 Å². The molecule has 3 aromatic rings. The molecule has 162 valence electrons. The van der Waals surface area contributed by atoms with Crippen molar-refractivity contribution in [1.29, 1.82) is 0 Å². The lowest BCUT2D eigenvalue weighted by Crippen LogP contribution is -2.34. The van der Waals surface area contributed by atoms with Gasteiger partial charge in [0.15, 0.2) is 0 Å². The summed E-state index contributed by atoms with van der Waals surface area (Å²) in [6.45, 7) is 0.678. The third-order valence-electron chi connectivity index (χ3n) is 5.94. The lowest BCUT2D eigenvalue weighted by molar-refractivity contribution is 0.0944. The smallest absolute Gasteiger partial charge is 0.253 e. The molecule has 1 aliphatic carbocycles. The molecule has 0 saturated heterocycles. The maximum absolute atomic E-state index is 12.4. The lowest BCUT2D eigenvalue weighted by atomic mass is 9.86. The first-order valence-electron chi connectivity index (χ1n) is 10.8. The van der Waals surface area contributed by atoms with E-state index < -0.39 is 0 Å². The highest BCUT2D eigenvalue weighted by Gasteiger charge is 2.23. The molecule has 0 aliphatic heterocycles. The Labute approximate surface area is 183 Å². The zero-order chi connectivity index (χ0) is 21.8. The van der Waals surface area contributed by atoms with E-state index in [2.05, 4.69) is 16.7 Å².